The van der Waals surface area contributed by atoms with Gasteiger partial charge < -0.3 is 4.55 Å². The van der Waals surface area contributed by atoms with E-state index in [0.29, 0.717) is 0 Å². The Kier molecular flexibility index (Phi) is 2.89. The second-order valence-electron chi connectivity index (χ2n) is 1.96. The fraction of sp³-hybridized carbons (Fsp3) is 1.00. The summed E-state index contributed by atoms with van der Waals surface area (Å²) in [5.74, 6) is 0. The Labute approximate surface area is 68.1 Å². The van der Waals surface area contributed by atoms with Crippen LogP contribution in [0.1, 0.15) is 0 Å². The minimum Gasteiger partial charge on any atom is -0.747 e. The molecule has 0 fully saturated rings. The third-order valence-electron chi connectivity index (χ3n) is 0.883. The van der Waals surface area contributed by atoms with Crippen LogP contribution in [0.15, 0.2) is 0 Å². The molecule has 0 bridgehead atoms. The first kappa shape index (κ1) is 12.5. The molecule has 0 aromatic heterocycles. The fourth-order valence-corrected chi connectivity index (χ4v) is 1.17. The SMILES string of the molecule is O=S(=O)([O-])C(C(F)(F)F)C(F)(F)F. The molecule has 0 aromatic carbocycles. The van der Waals surface area contributed by atoms with Crippen LogP contribution in [0.5, 0.6) is 0 Å². The zero-order chi connectivity index (χ0) is 11.1. The Hall–Kier alpha value is -0.510. The molecule has 0 N–H and O–H groups in total. The summed E-state index contributed by atoms with van der Waals surface area (Å²) in [5.41, 5.74) is 0. The lowest BCUT2D eigenvalue weighted by atomic mass is 10.4. The Morgan fingerprint density at radius 2 is 1.15 bits per heavy atom. The van der Waals surface area contributed by atoms with Crippen molar-refractivity contribution in [1.29, 1.82) is 0 Å². The van der Waals surface area contributed by atoms with E-state index in [1.54, 1.807) is 0 Å². The molecule has 0 aliphatic carbocycles. The van der Waals surface area contributed by atoms with Gasteiger partial charge >= 0.3 is 12.4 Å². The largest absolute Gasteiger partial charge is 0.747 e. The quantitative estimate of drug-likeness (QED) is 0.500. The predicted octanol–water partition coefficient (Wildman–Crippen LogP) is 1.02. The van der Waals surface area contributed by atoms with E-state index in [9.17, 15) is 39.3 Å². The van der Waals surface area contributed by atoms with Crippen molar-refractivity contribution in [3.05, 3.63) is 0 Å². The van der Waals surface area contributed by atoms with E-state index >= 15 is 0 Å². The number of rotatable bonds is 1. The Morgan fingerprint density at radius 3 is 1.15 bits per heavy atom. The monoisotopic (exact) mass is 231 g/mol. The van der Waals surface area contributed by atoms with Crippen molar-refractivity contribution in [2.75, 3.05) is 0 Å². The third-order valence-corrected chi connectivity index (χ3v) is 2.00. The van der Waals surface area contributed by atoms with Crippen molar-refractivity contribution in [3.8, 4) is 0 Å². The van der Waals surface area contributed by atoms with Gasteiger partial charge in [-0.2, -0.15) is 26.3 Å². The summed E-state index contributed by atoms with van der Waals surface area (Å²) >= 11 is 0. The van der Waals surface area contributed by atoms with Crippen LogP contribution in [0.25, 0.3) is 0 Å². The van der Waals surface area contributed by atoms with Gasteiger partial charge in [0, 0.05) is 0 Å². The summed E-state index contributed by atoms with van der Waals surface area (Å²) < 4.78 is 97.4. The highest BCUT2D eigenvalue weighted by Crippen LogP contribution is 2.37. The Morgan fingerprint density at radius 1 is 0.923 bits per heavy atom. The average molecular weight is 231 g/mol. The number of alkyl halides is 6. The molecule has 3 nitrogen and oxygen atoms in total. The minimum absolute atomic E-state index is 4.85. The lowest BCUT2D eigenvalue weighted by Crippen LogP contribution is -2.47. The summed E-state index contributed by atoms with van der Waals surface area (Å²) in [7, 11) is -6.48. The topological polar surface area (TPSA) is 57.2 Å². The van der Waals surface area contributed by atoms with Crippen LogP contribution in [-0.4, -0.2) is 30.6 Å². The summed E-state index contributed by atoms with van der Waals surface area (Å²) in [5, 5.41) is -4.85. The molecule has 0 spiro atoms. The first-order chi connectivity index (χ1) is 5.37. The highest BCUT2D eigenvalue weighted by atomic mass is 32.2. The number of hydrogen-bond donors (Lipinski definition) is 0. The summed E-state index contributed by atoms with van der Waals surface area (Å²) in [6, 6.07) is 0. The summed E-state index contributed by atoms with van der Waals surface area (Å²) in [6.07, 6.45) is -12.3. The van der Waals surface area contributed by atoms with Gasteiger partial charge in [0.15, 0.2) is 0 Å². The molecule has 0 aliphatic rings. The van der Waals surface area contributed by atoms with Crippen LogP contribution in [0, 0.1) is 0 Å². The maximum atomic E-state index is 11.4. The van der Waals surface area contributed by atoms with Crippen molar-refractivity contribution < 1.29 is 39.3 Å². The smallest absolute Gasteiger partial charge is 0.413 e. The molecule has 10 heteroatoms. The van der Waals surface area contributed by atoms with Gasteiger partial charge in [0.05, 0.1) is 0 Å². The first-order valence-corrected chi connectivity index (χ1v) is 3.92. The van der Waals surface area contributed by atoms with Gasteiger partial charge in [0.2, 0.25) is 5.25 Å². The lowest BCUT2D eigenvalue weighted by molar-refractivity contribution is -0.227. The molecule has 80 valence electrons. The maximum absolute atomic E-state index is 11.4. The van der Waals surface area contributed by atoms with Crippen molar-refractivity contribution in [1.82, 2.24) is 0 Å². The second kappa shape index (κ2) is 3.01. The standard InChI is InChI=1S/C3H2F6O3S/c4-2(5,6)1(3(7,8)9)13(10,11)12/h1H,(H,10,11,12)/p-1. The van der Waals surface area contributed by atoms with Crippen LogP contribution in [-0.2, 0) is 10.1 Å². The fourth-order valence-electron chi connectivity index (χ4n) is 0.513. The van der Waals surface area contributed by atoms with E-state index in [2.05, 4.69) is 0 Å². The van der Waals surface area contributed by atoms with Gasteiger partial charge in [-0.05, 0) is 0 Å². The third kappa shape index (κ3) is 3.38. The second-order valence-corrected chi connectivity index (χ2v) is 3.41. The predicted molar refractivity (Wildman–Crippen MR) is 25.6 cm³/mol. The van der Waals surface area contributed by atoms with Gasteiger partial charge in [-0.15, -0.1) is 0 Å². The van der Waals surface area contributed by atoms with Crippen molar-refractivity contribution in [3.63, 3.8) is 0 Å². The molecule has 0 saturated heterocycles. The molecule has 0 aromatic rings. The van der Waals surface area contributed by atoms with E-state index in [4.69, 9.17) is 0 Å². The van der Waals surface area contributed by atoms with E-state index in [1.165, 1.54) is 0 Å². The molecule has 0 radical (unpaired) electrons. The van der Waals surface area contributed by atoms with Crippen LogP contribution >= 0.6 is 0 Å². The Bertz CT molecular complexity index is 258. The molecule has 0 amide bonds. The van der Waals surface area contributed by atoms with Crippen molar-refractivity contribution in [2.24, 2.45) is 0 Å². The van der Waals surface area contributed by atoms with Crippen LogP contribution in [0.4, 0.5) is 26.3 Å². The highest BCUT2D eigenvalue weighted by Gasteiger charge is 2.60. The van der Waals surface area contributed by atoms with Crippen LogP contribution in [0.3, 0.4) is 0 Å². The molecule has 0 atom stereocenters. The Balaban J connectivity index is 5.28. The zero-order valence-electron chi connectivity index (χ0n) is 5.48. The van der Waals surface area contributed by atoms with Gasteiger partial charge in [0.1, 0.15) is 10.1 Å². The van der Waals surface area contributed by atoms with Crippen molar-refractivity contribution >= 4 is 10.1 Å². The first-order valence-electron chi connectivity index (χ1n) is 2.45. The molecule has 13 heavy (non-hydrogen) atoms. The number of hydrogen-bond acceptors (Lipinski definition) is 3. The zero-order valence-corrected chi connectivity index (χ0v) is 6.29. The molecular formula is C3HF6O3S-. The van der Waals surface area contributed by atoms with E-state index in [0.717, 1.165) is 0 Å². The van der Waals surface area contributed by atoms with Crippen LogP contribution < -0.4 is 0 Å². The average Bonchev–Trinajstić information content (AvgIpc) is 1.44. The minimum atomic E-state index is -6.48. The highest BCUT2D eigenvalue weighted by molar-refractivity contribution is 7.86. The maximum Gasteiger partial charge on any atom is 0.413 e. The number of halogens is 6. The summed E-state index contributed by atoms with van der Waals surface area (Å²) in [6.45, 7) is 0. The molecule has 0 unspecified atom stereocenters. The molecule has 0 heterocycles. The summed E-state index contributed by atoms with van der Waals surface area (Å²) in [4.78, 5) is 0. The van der Waals surface area contributed by atoms with Gasteiger partial charge in [-0.25, -0.2) is 8.42 Å². The van der Waals surface area contributed by atoms with Crippen molar-refractivity contribution in [2.45, 2.75) is 17.6 Å². The molecule has 0 rings (SSSR count). The normalized spacial score (nSPS) is 15.1. The molecular weight excluding hydrogens is 230 g/mol. The van der Waals surface area contributed by atoms with E-state index in [1.807, 2.05) is 0 Å². The van der Waals surface area contributed by atoms with Gasteiger partial charge in [0.25, 0.3) is 0 Å². The molecule has 0 saturated carbocycles. The van der Waals surface area contributed by atoms with Gasteiger partial charge in [-0.1, -0.05) is 0 Å². The lowest BCUT2D eigenvalue weighted by Gasteiger charge is -2.24. The molecule has 0 aliphatic heterocycles. The van der Waals surface area contributed by atoms with Gasteiger partial charge in [-0.3, -0.25) is 0 Å². The van der Waals surface area contributed by atoms with E-state index < -0.39 is 27.7 Å². The van der Waals surface area contributed by atoms with Crippen LogP contribution in [0.2, 0.25) is 0 Å². The van der Waals surface area contributed by atoms with E-state index in [-0.39, 0.29) is 0 Å².